The number of hydrogen-bond donors (Lipinski definition) is 2. The summed E-state index contributed by atoms with van der Waals surface area (Å²) in [6, 6.07) is 0.589. The highest BCUT2D eigenvalue weighted by molar-refractivity contribution is 5.32. The van der Waals surface area contributed by atoms with E-state index in [1.54, 1.807) is 0 Å². The molecule has 1 saturated heterocycles. The topological polar surface area (TPSA) is 44.0 Å². The fourth-order valence-corrected chi connectivity index (χ4v) is 1.85. The highest BCUT2D eigenvalue weighted by Crippen LogP contribution is 2.14. The Morgan fingerprint density at radius 2 is 2.50 bits per heavy atom. The van der Waals surface area contributed by atoms with Crippen molar-refractivity contribution in [2.75, 3.05) is 25.0 Å². The molecule has 14 heavy (non-hydrogen) atoms. The summed E-state index contributed by atoms with van der Waals surface area (Å²) in [5.74, 6) is 0.996. The van der Waals surface area contributed by atoms with E-state index in [0.29, 0.717) is 6.04 Å². The monoisotopic (exact) mass is 194 g/mol. The second kappa shape index (κ2) is 4.00. The smallest absolute Gasteiger partial charge is 0.202 e. The summed E-state index contributed by atoms with van der Waals surface area (Å²) in [6.07, 6.45) is 4.15. The Kier molecular flexibility index (Phi) is 2.72. The molecule has 0 radical (unpaired) electrons. The van der Waals surface area contributed by atoms with Gasteiger partial charge in [-0.3, -0.25) is 0 Å². The average Bonchev–Trinajstić information content (AvgIpc) is 2.88. The SMILES string of the molecule is CCc1cnc(N(C)C2CCNC2)[nH]1. The second-order valence-electron chi connectivity index (χ2n) is 3.84. The molecule has 0 bridgehead atoms. The number of anilines is 1. The van der Waals surface area contributed by atoms with Gasteiger partial charge in [0, 0.05) is 25.3 Å². The molecule has 0 aromatic carbocycles. The van der Waals surface area contributed by atoms with Gasteiger partial charge in [0.15, 0.2) is 0 Å². The van der Waals surface area contributed by atoms with E-state index in [0.717, 1.165) is 25.5 Å². The Hall–Kier alpha value is -1.03. The van der Waals surface area contributed by atoms with Crippen LogP contribution in [-0.4, -0.2) is 36.1 Å². The third-order valence-corrected chi connectivity index (χ3v) is 2.91. The Morgan fingerprint density at radius 1 is 1.64 bits per heavy atom. The largest absolute Gasteiger partial charge is 0.341 e. The van der Waals surface area contributed by atoms with Crippen LogP contribution >= 0.6 is 0 Å². The van der Waals surface area contributed by atoms with Gasteiger partial charge in [-0.2, -0.15) is 0 Å². The van der Waals surface area contributed by atoms with Gasteiger partial charge < -0.3 is 15.2 Å². The first-order valence-electron chi connectivity index (χ1n) is 5.28. The predicted molar refractivity (Wildman–Crippen MR) is 57.6 cm³/mol. The first kappa shape index (κ1) is 9.52. The summed E-state index contributed by atoms with van der Waals surface area (Å²) in [4.78, 5) is 9.94. The number of rotatable bonds is 3. The number of aromatic amines is 1. The van der Waals surface area contributed by atoms with Crippen LogP contribution in [0.15, 0.2) is 6.20 Å². The maximum absolute atomic E-state index is 4.37. The Balaban J connectivity index is 2.05. The molecule has 2 heterocycles. The Labute approximate surface area is 84.7 Å². The number of hydrogen-bond acceptors (Lipinski definition) is 3. The first-order chi connectivity index (χ1) is 6.81. The molecule has 78 valence electrons. The molecule has 0 saturated carbocycles. The summed E-state index contributed by atoms with van der Waals surface area (Å²) in [7, 11) is 2.11. The van der Waals surface area contributed by atoms with Gasteiger partial charge in [0.1, 0.15) is 0 Å². The molecule has 1 aliphatic rings. The number of H-pyrrole nitrogens is 1. The van der Waals surface area contributed by atoms with Crippen LogP contribution in [0.1, 0.15) is 19.0 Å². The van der Waals surface area contributed by atoms with Crippen LogP contribution < -0.4 is 10.2 Å². The normalized spacial score (nSPS) is 21.4. The zero-order valence-electron chi connectivity index (χ0n) is 8.88. The van der Waals surface area contributed by atoms with E-state index in [2.05, 4.69) is 34.2 Å². The van der Waals surface area contributed by atoms with Crippen LogP contribution in [0.5, 0.6) is 0 Å². The molecule has 1 atom stereocenters. The zero-order valence-corrected chi connectivity index (χ0v) is 8.88. The molecule has 4 nitrogen and oxygen atoms in total. The minimum atomic E-state index is 0.589. The lowest BCUT2D eigenvalue weighted by atomic mass is 10.2. The maximum Gasteiger partial charge on any atom is 0.202 e. The van der Waals surface area contributed by atoms with Gasteiger partial charge in [0.25, 0.3) is 0 Å². The average molecular weight is 194 g/mol. The summed E-state index contributed by atoms with van der Waals surface area (Å²) in [5.41, 5.74) is 1.21. The second-order valence-corrected chi connectivity index (χ2v) is 3.84. The molecule has 0 aliphatic carbocycles. The quantitative estimate of drug-likeness (QED) is 0.747. The van der Waals surface area contributed by atoms with Crippen molar-refractivity contribution in [3.8, 4) is 0 Å². The van der Waals surface area contributed by atoms with E-state index in [-0.39, 0.29) is 0 Å². The molecule has 1 aromatic heterocycles. The van der Waals surface area contributed by atoms with E-state index in [1.165, 1.54) is 12.1 Å². The van der Waals surface area contributed by atoms with Crippen molar-refractivity contribution in [2.24, 2.45) is 0 Å². The highest BCUT2D eigenvalue weighted by Gasteiger charge is 2.20. The number of likely N-dealkylation sites (N-methyl/N-ethyl adjacent to an activating group) is 1. The number of nitrogens with one attached hydrogen (secondary N) is 2. The van der Waals surface area contributed by atoms with Crippen molar-refractivity contribution in [1.82, 2.24) is 15.3 Å². The third kappa shape index (κ3) is 1.75. The number of aryl methyl sites for hydroxylation is 1. The summed E-state index contributed by atoms with van der Waals surface area (Å²) in [6.45, 7) is 4.32. The first-order valence-corrected chi connectivity index (χ1v) is 5.28. The van der Waals surface area contributed by atoms with E-state index in [4.69, 9.17) is 0 Å². The summed E-state index contributed by atoms with van der Waals surface area (Å²) >= 11 is 0. The van der Waals surface area contributed by atoms with Crippen LogP contribution in [0.2, 0.25) is 0 Å². The lowest BCUT2D eigenvalue weighted by Gasteiger charge is -2.22. The van der Waals surface area contributed by atoms with E-state index in [1.807, 2.05) is 6.20 Å². The number of aromatic nitrogens is 2. The van der Waals surface area contributed by atoms with Crippen LogP contribution in [0.25, 0.3) is 0 Å². The van der Waals surface area contributed by atoms with Crippen molar-refractivity contribution in [3.63, 3.8) is 0 Å². The molecule has 1 aliphatic heterocycles. The molecule has 2 N–H and O–H groups in total. The number of imidazole rings is 1. The van der Waals surface area contributed by atoms with Crippen LogP contribution in [-0.2, 0) is 6.42 Å². The van der Waals surface area contributed by atoms with E-state index >= 15 is 0 Å². The standard InChI is InChI=1S/C10H18N4/c1-3-8-6-12-10(13-8)14(2)9-4-5-11-7-9/h6,9,11H,3-5,7H2,1-2H3,(H,12,13). The fraction of sp³-hybridized carbons (Fsp3) is 0.700. The lowest BCUT2D eigenvalue weighted by Crippen LogP contribution is -2.34. The molecule has 1 unspecified atom stereocenters. The van der Waals surface area contributed by atoms with Crippen LogP contribution in [0, 0.1) is 0 Å². The molecule has 1 aromatic rings. The third-order valence-electron chi connectivity index (χ3n) is 2.91. The van der Waals surface area contributed by atoms with Crippen LogP contribution in [0.4, 0.5) is 5.95 Å². The highest BCUT2D eigenvalue weighted by atomic mass is 15.3. The van der Waals surface area contributed by atoms with E-state index < -0.39 is 0 Å². The van der Waals surface area contributed by atoms with Gasteiger partial charge in [-0.25, -0.2) is 4.98 Å². The van der Waals surface area contributed by atoms with Gasteiger partial charge in [-0.1, -0.05) is 6.92 Å². The number of nitrogens with zero attached hydrogens (tertiary/aromatic N) is 2. The van der Waals surface area contributed by atoms with Gasteiger partial charge in [0.2, 0.25) is 5.95 Å². The Morgan fingerprint density at radius 3 is 3.07 bits per heavy atom. The van der Waals surface area contributed by atoms with Crippen molar-refractivity contribution in [3.05, 3.63) is 11.9 Å². The van der Waals surface area contributed by atoms with Crippen molar-refractivity contribution < 1.29 is 0 Å². The van der Waals surface area contributed by atoms with Crippen molar-refractivity contribution in [1.29, 1.82) is 0 Å². The molecular formula is C10H18N4. The molecule has 4 heteroatoms. The van der Waals surface area contributed by atoms with Crippen molar-refractivity contribution in [2.45, 2.75) is 25.8 Å². The maximum atomic E-state index is 4.37. The molecule has 0 amide bonds. The molecule has 2 rings (SSSR count). The predicted octanol–water partition coefficient (Wildman–Crippen LogP) is 0.770. The molecular weight excluding hydrogens is 176 g/mol. The van der Waals surface area contributed by atoms with Gasteiger partial charge >= 0.3 is 0 Å². The van der Waals surface area contributed by atoms with Crippen molar-refractivity contribution >= 4 is 5.95 Å². The minimum Gasteiger partial charge on any atom is -0.341 e. The van der Waals surface area contributed by atoms with E-state index in [9.17, 15) is 0 Å². The fourth-order valence-electron chi connectivity index (χ4n) is 1.85. The zero-order chi connectivity index (χ0) is 9.97. The molecule has 0 spiro atoms. The lowest BCUT2D eigenvalue weighted by molar-refractivity contribution is 0.671. The van der Waals surface area contributed by atoms with Gasteiger partial charge in [-0.05, 0) is 19.4 Å². The molecule has 1 fully saturated rings. The summed E-state index contributed by atoms with van der Waals surface area (Å²) < 4.78 is 0. The van der Waals surface area contributed by atoms with Gasteiger partial charge in [0.05, 0.1) is 6.20 Å². The van der Waals surface area contributed by atoms with Gasteiger partial charge in [-0.15, -0.1) is 0 Å². The minimum absolute atomic E-state index is 0.589. The van der Waals surface area contributed by atoms with Crippen LogP contribution in [0.3, 0.4) is 0 Å². The summed E-state index contributed by atoms with van der Waals surface area (Å²) in [5, 5.41) is 3.36. The Bertz CT molecular complexity index is 288.